The molecule has 2 saturated carbocycles. The molecule has 1 aromatic rings. The lowest BCUT2D eigenvalue weighted by Crippen LogP contribution is -2.32. The Hall–Kier alpha value is -1.84. The number of methoxy groups -OCH3 is 1. The zero-order valence-corrected chi connectivity index (χ0v) is 11.4. The Balaban J connectivity index is 1.69. The average Bonchev–Trinajstić information content (AvgIpc) is 3.14. The number of hydrogen-bond acceptors (Lipinski definition) is 3. The zero-order chi connectivity index (χ0) is 13.9. The van der Waals surface area contributed by atoms with E-state index in [1.807, 2.05) is 0 Å². The van der Waals surface area contributed by atoms with Crippen LogP contribution in [0.1, 0.15) is 19.3 Å². The van der Waals surface area contributed by atoms with E-state index in [1.165, 1.54) is 4.90 Å². The maximum atomic E-state index is 12.6. The second-order valence-electron chi connectivity index (χ2n) is 6.09. The third kappa shape index (κ3) is 1.42. The monoisotopic (exact) mass is 271 g/mol. The first kappa shape index (κ1) is 11.9. The smallest absolute Gasteiger partial charge is 0.237 e. The van der Waals surface area contributed by atoms with E-state index in [0.717, 1.165) is 25.0 Å². The van der Waals surface area contributed by atoms with Crippen molar-refractivity contribution in [3.05, 3.63) is 24.3 Å². The lowest BCUT2D eigenvalue weighted by molar-refractivity contribution is -0.123. The lowest BCUT2D eigenvalue weighted by atomic mass is 9.81. The van der Waals surface area contributed by atoms with Gasteiger partial charge in [-0.1, -0.05) is 0 Å². The van der Waals surface area contributed by atoms with E-state index in [2.05, 4.69) is 0 Å². The van der Waals surface area contributed by atoms with Crippen LogP contribution in [-0.2, 0) is 9.59 Å². The van der Waals surface area contributed by atoms with E-state index >= 15 is 0 Å². The molecule has 2 aliphatic carbocycles. The van der Waals surface area contributed by atoms with Gasteiger partial charge in [0.1, 0.15) is 5.75 Å². The molecule has 0 aromatic heterocycles. The number of anilines is 1. The molecule has 4 heteroatoms. The molecule has 1 aromatic carbocycles. The Bertz CT molecular complexity index is 552. The van der Waals surface area contributed by atoms with Gasteiger partial charge >= 0.3 is 0 Å². The van der Waals surface area contributed by atoms with Crippen LogP contribution in [0.15, 0.2) is 24.3 Å². The fraction of sp³-hybridized carbons (Fsp3) is 0.500. The molecular formula is C16H17NO3. The summed E-state index contributed by atoms with van der Waals surface area (Å²) in [5.74, 6) is 1.52. The van der Waals surface area contributed by atoms with Gasteiger partial charge in [-0.2, -0.15) is 0 Å². The summed E-state index contributed by atoms with van der Waals surface area (Å²) in [5.41, 5.74) is 0.676. The molecule has 2 amide bonds. The molecule has 0 unspecified atom stereocenters. The first-order chi connectivity index (χ1) is 9.70. The van der Waals surface area contributed by atoms with Crippen molar-refractivity contribution in [3.63, 3.8) is 0 Å². The highest BCUT2D eigenvalue weighted by Crippen LogP contribution is 2.56. The highest BCUT2D eigenvalue weighted by Gasteiger charge is 2.61. The SMILES string of the molecule is COc1ccc(N2C(=O)[C@@H]3[C@@H]4CC[C@@H](C4)[C@@H]3C2=O)cc1. The summed E-state index contributed by atoms with van der Waals surface area (Å²) in [7, 11) is 1.60. The predicted molar refractivity (Wildman–Crippen MR) is 73.3 cm³/mol. The van der Waals surface area contributed by atoms with Crippen LogP contribution in [0.25, 0.3) is 0 Å². The van der Waals surface area contributed by atoms with Gasteiger partial charge in [0, 0.05) is 0 Å². The molecule has 4 nitrogen and oxygen atoms in total. The number of nitrogens with zero attached hydrogens (tertiary/aromatic N) is 1. The minimum absolute atomic E-state index is 0.0115. The molecule has 4 atom stereocenters. The second kappa shape index (κ2) is 4.08. The number of amides is 2. The van der Waals surface area contributed by atoms with Crippen molar-refractivity contribution in [2.24, 2.45) is 23.7 Å². The third-order valence-electron chi connectivity index (χ3n) is 5.26. The van der Waals surface area contributed by atoms with Gasteiger partial charge in [-0.3, -0.25) is 14.5 Å². The summed E-state index contributed by atoms with van der Waals surface area (Å²) in [4.78, 5) is 26.6. The maximum absolute atomic E-state index is 12.6. The molecule has 1 saturated heterocycles. The number of carbonyl (C=O) groups excluding carboxylic acids is 2. The van der Waals surface area contributed by atoms with Crippen LogP contribution >= 0.6 is 0 Å². The fourth-order valence-electron chi connectivity index (χ4n) is 4.39. The number of rotatable bonds is 2. The number of benzene rings is 1. The Kier molecular flexibility index (Phi) is 2.43. The molecule has 3 fully saturated rings. The second-order valence-corrected chi connectivity index (χ2v) is 6.09. The van der Waals surface area contributed by atoms with Crippen LogP contribution in [0, 0.1) is 23.7 Å². The van der Waals surface area contributed by atoms with Crippen LogP contribution in [0.3, 0.4) is 0 Å². The van der Waals surface area contributed by atoms with Gasteiger partial charge < -0.3 is 4.74 Å². The van der Waals surface area contributed by atoms with Gasteiger partial charge in [0.2, 0.25) is 11.8 Å². The topological polar surface area (TPSA) is 46.6 Å². The van der Waals surface area contributed by atoms with Crippen LogP contribution in [0.5, 0.6) is 5.75 Å². The summed E-state index contributed by atoms with van der Waals surface area (Å²) in [6.45, 7) is 0. The zero-order valence-electron chi connectivity index (χ0n) is 11.4. The Morgan fingerprint density at radius 2 is 1.55 bits per heavy atom. The Labute approximate surface area is 117 Å². The standard InChI is InChI=1S/C16H17NO3/c1-20-12-6-4-11(5-7-12)17-15(18)13-9-2-3-10(8-9)14(13)16(17)19/h4-7,9-10,13-14H,2-3,8H2,1H3/t9-,10+,13-,14+. The van der Waals surface area contributed by atoms with Crippen LogP contribution in [-0.4, -0.2) is 18.9 Å². The molecule has 0 spiro atoms. The average molecular weight is 271 g/mol. The number of ether oxygens (including phenoxy) is 1. The number of fused-ring (bicyclic) bond motifs is 5. The number of hydrogen-bond donors (Lipinski definition) is 0. The first-order valence-corrected chi connectivity index (χ1v) is 7.22. The highest BCUT2D eigenvalue weighted by molar-refractivity contribution is 6.22. The maximum Gasteiger partial charge on any atom is 0.237 e. The fourth-order valence-corrected chi connectivity index (χ4v) is 4.39. The molecule has 4 rings (SSSR count). The normalized spacial score (nSPS) is 34.8. The van der Waals surface area contributed by atoms with Gasteiger partial charge in [-0.15, -0.1) is 0 Å². The third-order valence-corrected chi connectivity index (χ3v) is 5.26. The molecule has 1 heterocycles. The minimum atomic E-state index is -0.0525. The van der Waals surface area contributed by atoms with E-state index in [0.29, 0.717) is 17.5 Å². The van der Waals surface area contributed by atoms with Gasteiger partial charge in [-0.05, 0) is 55.4 Å². The van der Waals surface area contributed by atoms with Crippen molar-refractivity contribution < 1.29 is 14.3 Å². The van der Waals surface area contributed by atoms with E-state index in [1.54, 1.807) is 31.4 Å². The van der Waals surface area contributed by atoms with Gasteiger partial charge in [0.05, 0.1) is 24.6 Å². The van der Waals surface area contributed by atoms with Crippen molar-refractivity contribution in [1.82, 2.24) is 0 Å². The summed E-state index contributed by atoms with van der Waals surface area (Å²) in [5, 5.41) is 0. The quantitative estimate of drug-likeness (QED) is 0.775. The minimum Gasteiger partial charge on any atom is -0.497 e. The summed E-state index contributed by atoms with van der Waals surface area (Å²) in [6.07, 6.45) is 3.30. The molecule has 0 radical (unpaired) electrons. The van der Waals surface area contributed by atoms with Crippen molar-refractivity contribution >= 4 is 17.5 Å². The van der Waals surface area contributed by atoms with Crippen LogP contribution < -0.4 is 9.64 Å². The Morgan fingerprint density at radius 1 is 1.00 bits per heavy atom. The molecule has 2 bridgehead atoms. The van der Waals surface area contributed by atoms with E-state index < -0.39 is 0 Å². The molecular weight excluding hydrogens is 254 g/mol. The molecule has 3 aliphatic rings. The van der Waals surface area contributed by atoms with Crippen molar-refractivity contribution in [2.45, 2.75) is 19.3 Å². The van der Waals surface area contributed by atoms with E-state index in [9.17, 15) is 9.59 Å². The predicted octanol–water partition coefficient (Wildman–Crippen LogP) is 2.23. The Morgan fingerprint density at radius 3 is 2.05 bits per heavy atom. The molecule has 20 heavy (non-hydrogen) atoms. The van der Waals surface area contributed by atoms with Crippen molar-refractivity contribution in [3.8, 4) is 5.75 Å². The van der Waals surface area contributed by atoms with E-state index in [4.69, 9.17) is 4.74 Å². The number of carbonyl (C=O) groups is 2. The number of imide groups is 1. The van der Waals surface area contributed by atoms with E-state index in [-0.39, 0.29) is 23.7 Å². The van der Waals surface area contributed by atoms with Gasteiger partial charge in [-0.25, -0.2) is 0 Å². The van der Waals surface area contributed by atoms with Crippen LogP contribution in [0.2, 0.25) is 0 Å². The molecule has 1 aliphatic heterocycles. The van der Waals surface area contributed by atoms with Crippen molar-refractivity contribution in [2.75, 3.05) is 12.0 Å². The molecule has 104 valence electrons. The van der Waals surface area contributed by atoms with Crippen molar-refractivity contribution in [1.29, 1.82) is 0 Å². The summed E-state index contributed by atoms with van der Waals surface area (Å²) >= 11 is 0. The highest BCUT2D eigenvalue weighted by atomic mass is 16.5. The lowest BCUT2D eigenvalue weighted by Gasteiger charge is -2.19. The van der Waals surface area contributed by atoms with Gasteiger partial charge in [0.25, 0.3) is 0 Å². The largest absolute Gasteiger partial charge is 0.497 e. The van der Waals surface area contributed by atoms with Gasteiger partial charge in [0.15, 0.2) is 0 Å². The summed E-state index contributed by atoms with van der Waals surface area (Å²) in [6, 6.07) is 7.16. The first-order valence-electron chi connectivity index (χ1n) is 7.22. The summed E-state index contributed by atoms with van der Waals surface area (Å²) < 4.78 is 5.12. The van der Waals surface area contributed by atoms with Crippen LogP contribution in [0.4, 0.5) is 5.69 Å². The molecule has 0 N–H and O–H groups in total.